The standard InChI is InChI=1S/C14H12F6O7S/c15-13(16,17)12(14(18,19)20,28(23,24)25)10(22)26-3-6-8-7-5(9(21)27-8)1-4-2-11(4,6)7/h4-8H,1-3H2,(H,23,24,25). The molecule has 0 aromatic carbocycles. The fourth-order valence-electron chi connectivity index (χ4n) is 5.51. The molecule has 0 aromatic rings. The summed E-state index contributed by atoms with van der Waals surface area (Å²) in [5.74, 6) is -5.07. The summed E-state index contributed by atoms with van der Waals surface area (Å²) in [7, 11) is -7.03. The molecule has 3 saturated carbocycles. The fourth-order valence-corrected chi connectivity index (χ4v) is 6.36. The number of halogens is 6. The average Bonchev–Trinajstić information content (AvgIpc) is 3.00. The summed E-state index contributed by atoms with van der Waals surface area (Å²) in [6.45, 7) is -0.986. The van der Waals surface area contributed by atoms with E-state index in [0.717, 1.165) is 0 Å². The number of ether oxygens (including phenoxy) is 2. The second kappa shape index (κ2) is 5.12. The van der Waals surface area contributed by atoms with Gasteiger partial charge in [-0.15, -0.1) is 0 Å². The van der Waals surface area contributed by atoms with Crippen molar-refractivity contribution in [3.05, 3.63) is 0 Å². The summed E-state index contributed by atoms with van der Waals surface area (Å²) in [6.07, 6.45) is -13.2. The zero-order chi connectivity index (χ0) is 21.1. The molecular weight excluding hydrogens is 426 g/mol. The van der Waals surface area contributed by atoms with Crippen molar-refractivity contribution in [1.29, 1.82) is 0 Å². The van der Waals surface area contributed by atoms with Crippen LogP contribution in [0.25, 0.3) is 0 Å². The van der Waals surface area contributed by atoms with Gasteiger partial charge in [0.15, 0.2) is 0 Å². The van der Waals surface area contributed by atoms with Crippen LogP contribution in [0.3, 0.4) is 0 Å². The van der Waals surface area contributed by atoms with Crippen LogP contribution in [0.1, 0.15) is 12.8 Å². The highest BCUT2D eigenvalue weighted by Crippen LogP contribution is 2.82. The second-order valence-electron chi connectivity index (χ2n) is 7.64. The monoisotopic (exact) mass is 438 g/mol. The van der Waals surface area contributed by atoms with E-state index in [1.807, 2.05) is 0 Å². The second-order valence-corrected chi connectivity index (χ2v) is 9.20. The third-order valence-corrected chi connectivity index (χ3v) is 8.06. The zero-order valence-corrected chi connectivity index (χ0v) is 14.4. The molecule has 0 amide bonds. The molecule has 14 heteroatoms. The summed E-state index contributed by atoms with van der Waals surface area (Å²) < 4.78 is 113. The maximum atomic E-state index is 13.1. The van der Waals surface area contributed by atoms with Gasteiger partial charge in [-0.2, -0.15) is 34.8 Å². The first kappa shape index (κ1) is 19.7. The van der Waals surface area contributed by atoms with E-state index in [-0.39, 0.29) is 17.8 Å². The van der Waals surface area contributed by atoms with Gasteiger partial charge in [0.25, 0.3) is 0 Å². The van der Waals surface area contributed by atoms with Gasteiger partial charge in [0.1, 0.15) is 6.10 Å². The molecule has 4 aliphatic rings. The highest BCUT2D eigenvalue weighted by atomic mass is 32.2. The Hall–Kier alpha value is -1.57. The van der Waals surface area contributed by atoms with Gasteiger partial charge < -0.3 is 9.47 Å². The number of hydrogen-bond acceptors (Lipinski definition) is 6. The molecule has 6 atom stereocenters. The number of carbonyl (C=O) groups excluding carboxylic acids is 2. The van der Waals surface area contributed by atoms with Gasteiger partial charge in [-0.25, -0.2) is 4.79 Å². The van der Waals surface area contributed by atoms with E-state index in [1.54, 1.807) is 0 Å². The lowest BCUT2D eigenvalue weighted by molar-refractivity contribution is -0.270. The smallest absolute Gasteiger partial charge is 0.430 e. The highest BCUT2D eigenvalue weighted by Gasteiger charge is 2.86. The van der Waals surface area contributed by atoms with Crippen LogP contribution in [0.4, 0.5) is 26.3 Å². The lowest BCUT2D eigenvalue weighted by Gasteiger charge is -2.47. The van der Waals surface area contributed by atoms with Crippen LogP contribution in [0.15, 0.2) is 0 Å². The molecule has 0 aromatic heterocycles. The van der Waals surface area contributed by atoms with Crippen molar-refractivity contribution in [2.45, 2.75) is 36.0 Å². The number of carbonyl (C=O) groups is 2. The van der Waals surface area contributed by atoms with Crippen LogP contribution in [0.2, 0.25) is 0 Å². The maximum absolute atomic E-state index is 13.1. The van der Waals surface area contributed by atoms with Crippen LogP contribution in [0, 0.1) is 29.1 Å². The van der Waals surface area contributed by atoms with Gasteiger partial charge in [-0.3, -0.25) is 9.35 Å². The number of esters is 2. The third-order valence-electron chi connectivity index (χ3n) is 6.66. The van der Waals surface area contributed by atoms with E-state index < -0.39 is 63.2 Å². The average molecular weight is 438 g/mol. The Bertz CT molecular complexity index is 850. The summed E-state index contributed by atoms with van der Waals surface area (Å²) in [4.78, 5) is 23.6. The molecule has 6 unspecified atom stereocenters. The van der Waals surface area contributed by atoms with Crippen molar-refractivity contribution in [3.63, 3.8) is 0 Å². The molecule has 4 rings (SSSR count). The summed E-state index contributed by atoms with van der Waals surface area (Å²) >= 11 is 0. The topological polar surface area (TPSA) is 107 Å². The molecule has 1 spiro atoms. The van der Waals surface area contributed by atoms with E-state index in [2.05, 4.69) is 4.74 Å². The quantitative estimate of drug-likeness (QED) is 0.403. The lowest BCUT2D eigenvalue weighted by Crippen LogP contribution is -2.67. The van der Waals surface area contributed by atoms with E-state index in [1.165, 1.54) is 0 Å². The van der Waals surface area contributed by atoms with E-state index >= 15 is 0 Å². The van der Waals surface area contributed by atoms with Gasteiger partial charge >= 0.3 is 39.2 Å². The number of rotatable bonds is 4. The Morgan fingerprint density at radius 1 is 1.21 bits per heavy atom. The van der Waals surface area contributed by atoms with E-state index in [0.29, 0.717) is 12.8 Å². The van der Waals surface area contributed by atoms with Crippen LogP contribution in [-0.2, 0) is 29.2 Å². The van der Waals surface area contributed by atoms with Gasteiger partial charge in [0, 0.05) is 11.8 Å². The first-order valence-electron chi connectivity index (χ1n) is 8.09. The largest absolute Gasteiger partial charge is 0.463 e. The minimum atomic E-state index is -7.03. The molecule has 158 valence electrons. The lowest BCUT2D eigenvalue weighted by atomic mass is 9.59. The molecule has 0 radical (unpaired) electrons. The minimum absolute atomic E-state index is 0.0341. The van der Waals surface area contributed by atoms with E-state index in [4.69, 9.17) is 9.29 Å². The van der Waals surface area contributed by atoms with Crippen molar-refractivity contribution in [2.24, 2.45) is 29.1 Å². The summed E-state index contributed by atoms with van der Waals surface area (Å²) in [5, 5.41) is 0. The van der Waals surface area contributed by atoms with Gasteiger partial charge in [-0.05, 0) is 24.2 Å². The molecule has 1 heterocycles. The van der Waals surface area contributed by atoms with Gasteiger partial charge in [0.05, 0.1) is 12.5 Å². The summed E-state index contributed by atoms with van der Waals surface area (Å²) in [6, 6.07) is 0. The number of alkyl halides is 6. The van der Waals surface area contributed by atoms with Crippen LogP contribution in [0.5, 0.6) is 0 Å². The van der Waals surface area contributed by atoms with E-state index in [9.17, 15) is 44.3 Å². The van der Waals surface area contributed by atoms with Crippen LogP contribution < -0.4 is 0 Å². The van der Waals surface area contributed by atoms with Crippen LogP contribution >= 0.6 is 0 Å². The normalized spacial score (nSPS) is 39.0. The maximum Gasteiger partial charge on any atom is 0.430 e. The Kier molecular flexibility index (Phi) is 3.61. The van der Waals surface area contributed by atoms with Crippen molar-refractivity contribution in [3.8, 4) is 0 Å². The molecule has 1 N–H and O–H groups in total. The molecule has 7 nitrogen and oxygen atoms in total. The van der Waals surface area contributed by atoms with Crippen LogP contribution in [-0.4, -0.2) is 54.7 Å². The molecule has 1 saturated heterocycles. The predicted octanol–water partition coefficient (Wildman–Crippen LogP) is 1.48. The molecule has 1 aliphatic heterocycles. The first-order valence-corrected chi connectivity index (χ1v) is 9.53. The first-order chi connectivity index (χ1) is 12.6. The van der Waals surface area contributed by atoms with Gasteiger partial charge in [0.2, 0.25) is 0 Å². The third kappa shape index (κ3) is 2.02. The molecule has 3 aliphatic carbocycles. The molecule has 28 heavy (non-hydrogen) atoms. The van der Waals surface area contributed by atoms with Crippen molar-refractivity contribution in [2.75, 3.05) is 6.61 Å². The fraction of sp³-hybridized carbons (Fsp3) is 0.857. The SMILES string of the molecule is O=C1OC2C(COC(=O)C(C(F)(F)F)(C(F)(F)F)S(=O)(=O)O)C34CC3CC1C24. The zero-order valence-electron chi connectivity index (χ0n) is 13.6. The Morgan fingerprint density at radius 3 is 2.29 bits per heavy atom. The Labute approximate surface area is 153 Å². The summed E-state index contributed by atoms with van der Waals surface area (Å²) in [5.41, 5.74) is -0.543. The van der Waals surface area contributed by atoms with Crippen molar-refractivity contribution in [1.82, 2.24) is 0 Å². The Balaban J connectivity index is 1.60. The molecular formula is C14H12F6O7S. The van der Waals surface area contributed by atoms with Gasteiger partial charge in [-0.1, -0.05) is 0 Å². The van der Waals surface area contributed by atoms with Crippen molar-refractivity contribution >= 4 is 22.1 Å². The Morgan fingerprint density at radius 2 is 1.79 bits per heavy atom. The van der Waals surface area contributed by atoms with Crippen molar-refractivity contribution < 1.29 is 58.4 Å². The highest BCUT2D eigenvalue weighted by molar-refractivity contribution is 7.88. The molecule has 0 bridgehead atoms. The minimum Gasteiger partial charge on any atom is -0.463 e. The molecule has 4 fully saturated rings. The predicted molar refractivity (Wildman–Crippen MR) is 72.9 cm³/mol. The number of hydrogen-bond donors (Lipinski definition) is 1.